The Labute approximate surface area is 72.2 Å². The van der Waals surface area contributed by atoms with E-state index in [9.17, 15) is 0 Å². The molecule has 0 aliphatic heterocycles. The van der Waals surface area contributed by atoms with Crippen LogP contribution in [0.1, 0.15) is 19.7 Å². The summed E-state index contributed by atoms with van der Waals surface area (Å²) in [7, 11) is 0. The molecule has 5 heteroatoms. The SMILES string of the molecule is CC[NH+](CC)CCc1nnn[n-]1. The first kappa shape index (κ1) is 9.12. The van der Waals surface area contributed by atoms with E-state index in [4.69, 9.17) is 0 Å². The monoisotopic (exact) mass is 169 g/mol. The molecule has 0 radical (unpaired) electrons. The van der Waals surface area contributed by atoms with Crippen LogP contribution >= 0.6 is 0 Å². The van der Waals surface area contributed by atoms with Crippen molar-refractivity contribution in [3.8, 4) is 0 Å². The fourth-order valence-corrected chi connectivity index (χ4v) is 1.16. The van der Waals surface area contributed by atoms with Crippen LogP contribution in [-0.2, 0) is 6.42 Å². The highest BCUT2D eigenvalue weighted by Crippen LogP contribution is 1.79. The Morgan fingerprint density at radius 3 is 2.58 bits per heavy atom. The molecule has 0 atom stereocenters. The molecule has 0 aliphatic carbocycles. The zero-order valence-electron chi connectivity index (χ0n) is 7.62. The van der Waals surface area contributed by atoms with Crippen LogP contribution in [0.5, 0.6) is 0 Å². The number of rotatable bonds is 5. The average Bonchev–Trinajstić information content (AvgIpc) is 2.59. The lowest BCUT2D eigenvalue weighted by Gasteiger charge is -2.14. The van der Waals surface area contributed by atoms with Crippen LogP contribution in [0.4, 0.5) is 0 Å². The van der Waals surface area contributed by atoms with Crippen molar-refractivity contribution in [2.24, 2.45) is 0 Å². The summed E-state index contributed by atoms with van der Waals surface area (Å²) >= 11 is 0. The maximum atomic E-state index is 3.77. The molecule has 12 heavy (non-hydrogen) atoms. The molecule has 1 aromatic heterocycles. The number of aromatic nitrogens is 4. The van der Waals surface area contributed by atoms with E-state index in [0.717, 1.165) is 31.9 Å². The van der Waals surface area contributed by atoms with Crippen molar-refractivity contribution >= 4 is 0 Å². The van der Waals surface area contributed by atoms with Crippen molar-refractivity contribution in [1.82, 2.24) is 20.6 Å². The van der Waals surface area contributed by atoms with Gasteiger partial charge >= 0.3 is 0 Å². The molecule has 5 nitrogen and oxygen atoms in total. The van der Waals surface area contributed by atoms with Gasteiger partial charge in [0.15, 0.2) is 0 Å². The van der Waals surface area contributed by atoms with E-state index < -0.39 is 0 Å². The first-order chi connectivity index (χ1) is 5.86. The molecule has 0 unspecified atom stereocenters. The van der Waals surface area contributed by atoms with Gasteiger partial charge in [-0.2, -0.15) is 5.21 Å². The molecule has 1 heterocycles. The zero-order chi connectivity index (χ0) is 8.81. The third kappa shape index (κ3) is 2.58. The van der Waals surface area contributed by atoms with Crippen molar-refractivity contribution in [2.45, 2.75) is 20.3 Å². The molecule has 0 bridgehead atoms. The van der Waals surface area contributed by atoms with E-state index in [1.165, 1.54) is 0 Å². The third-order valence-electron chi connectivity index (χ3n) is 2.06. The lowest BCUT2D eigenvalue weighted by molar-refractivity contribution is -0.896. The molecule has 0 aliphatic rings. The second-order valence-electron chi connectivity index (χ2n) is 2.75. The van der Waals surface area contributed by atoms with Crippen molar-refractivity contribution < 1.29 is 4.90 Å². The quantitative estimate of drug-likeness (QED) is 0.570. The Morgan fingerprint density at radius 1 is 1.33 bits per heavy atom. The van der Waals surface area contributed by atoms with Gasteiger partial charge in [-0.3, -0.25) is 10.3 Å². The van der Waals surface area contributed by atoms with E-state index in [-0.39, 0.29) is 0 Å². The second kappa shape index (κ2) is 4.82. The van der Waals surface area contributed by atoms with Crippen LogP contribution < -0.4 is 10.00 Å². The van der Waals surface area contributed by atoms with Gasteiger partial charge in [-0.1, -0.05) is 0 Å². The fourth-order valence-electron chi connectivity index (χ4n) is 1.16. The maximum absolute atomic E-state index is 3.77. The fraction of sp³-hybridized carbons (Fsp3) is 0.857. The van der Waals surface area contributed by atoms with Crippen molar-refractivity contribution in [3.05, 3.63) is 5.82 Å². The van der Waals surface area contributed by atoms with E-state index in [2.05, 4.69) is 34.5 Å². The van der Waals surface area contributed by atoms with Crippen LogP contribution in [0.25, 0.3) is 0 Å². The predicted octanol–water partition coefficient (Wildman–Crippen LogP) is -1.70. The Hall–Kier alpha value is -0.970. The van der Waals surface area contributed by atoms with Gasteiger partial charge in [0.1, 0.15) is 0 Å². The molecule has 1 rings (SSSR count). The number of hydrogen-bond donors (Lipinski definition) is 1. The molecule has 0 saturated carbocycles. The topological polar surface area (TPSA) is 57.2 Å². The van der Waals surface area contributed by atoms with Gasteiger partial charge in [0.25, 0.3) is 0 Å². The number of hydrogen-bond acceptors (Lipinski definition) is 3. The predicted molar refractivity (Wildman–Crippen MR) is 43.8 cm³/mol. The number of quaternary nitrogens is 1. The summed E-state index contributed by atoms with van der Waals surface area (Å²) in [5.74, 6) is 0.759. The zero-order valence-corrected chi connectivity index (χ0v) is 7.62. The Bertz CT molecular complexity index is 192. The minimum absolute atomic E-state index is 0.759. The molecule has 0 aromatic carbocycles. The first-order valence-electron chi connectivity index (χ1n) is 4.38. The highest BCUT2D eigenvalue weighted by atomic mass is 15.5. The van der Waals surface area contributed by atoms with Crippen molar-refractivity contribution in [2.75, 3.05) is 19.6 Å². The van der Waals surface area contributed by atoms with Crippen LogP contribution in [0, 0.1) is 0 Å². The smallest absolute Gasteiger partial charge is 0.0816 e. The van der Waals surface area contributed by atoms with Gasteiger partial charge in [-0.25, -0.2) is 0 Å². The Morgan fingerprint density at radius 2 is 2.08 bits per heavy atom. The maximum Gasteiger partial charge on any atom is 0.0816 e. The summed E-state index contributed by atoms with van der Waals surface area (Å²) in [6, 6.07) is 0. The summed E-state index contributed by atoms with van der Waals surface area (Å²) in [5.41, 5.74) is 0. The van der Waals surface area contributed by atoms with Gasteiger partial charge in [-0.05, 0) is 13.8 Å². The van der Waals surface area contributed by atoms with E-state index >= 15 is 0 Å². The van der Waals surface area contributed by atoms with Crippen molar-refractivity contribution in [3.63, 3.8) is 0 Å². The normalized spacial score (nSPS) is 10.9. The van der Waals surface area contributed by atoms with Gasteiger partial charge < -0.3 is 10.00 Å². The number of tetrazole rings is 1. The molecular formula is C7H15N5. The Kier molecular flexibility index (Phi) is 3.66. The number of likely N-dealkylation sites (N-methyl/N-ethyl adjacent to an activating group) is 1. The first-order valence-corrected chi connectivity index (χ1v) is 4.38. The van der Waals surface area contributed by atoms with Crippen LogP contribution in [0.15, 0.2) is 0 Å². The summed E-state index contributed by atoms with van der Waals surface area (Å²) in [5, 5.41) is 14.4. The van der Waals surface area contributed by atoms with E-state index in [1.54, 1.807) is 4.90 Å². The molecule has 0 spiro atoms. The number of nitrogens with one attached hydrogen (secondary N) is 1. The van der Waals surface area contributed by atoms with Gasteiger partial charge in [0.05, 0.1) is 19.6 Å². The highest BCUT2D eigenvalue weighted by molar-refractivity contribution is 4.73. The standard InChI is InChI=1S/C7H14N5/c1-3-12(4-2)6-5-7-8-10-11-9-7/h3-6H2,1-2H3/q-1/p+1. The molecule has 0 amide bonds. The largest absolute Gasteiger partial charge is 0.335 e. The van der Waals surface area contributed by atoms with Crippen LogP contribution in [0.3, 0.4) is 0 Å². The molecule has 68 valence electrons. The molecule has 1 N–H and O–H groups in total. The molecule has 0 saturated heterocycles. The third-order valence-corrected chi connectivity index (χ3v) is 2.06. The molecule has 0 fully saturated rings. The lowest BCUT2D eigenvalue weighted by atomic mass is 10.3. The Balaban J connectivity index is 2.25. The second-order valence-corrected chi connectivity index (χ2v) is 2.75. The molecule has 1 aromatic rings. The summed E-state index contributed by atoms with van der Waals surface area (Å²) in [6.45, 7) is 7.73. The number of nitrogens with zero attached hydrogens (tertiary/aromatic N) is 4. The highest BCUT2D eigenvalue weighted by Gasteiger charge is 2.01. The summed E-state index contributed by atoms with van der Waals surface area (Å²) in [4.78, 5) is 1.56. The van der Waals surface area contributed by atoms with Crippen molar-refractivity contribution in [1.29, 1.82) is 0 Å². The van der Waals surface area contributed by atoms with E-state index in [1.807, 2.05) is 0 Å². The minimum Gasteiger partial charge on any atom is -0.335 e. The van der Waals surface area contributed by atoms with Gasteiger partial charge in [0, 0.05) is 12.2 Å². The molecular weight excluding hydrogens is 154 g/mol. The van der Waals surface area contributed by atoms with Gasteiger partial charge in [-0.15, -0.1) is 0 Å². The lowest BCUT2D eigenvalue weighted by Crippen LogP contribution is -3.11. The van der Waals surface area contributed by atoms with Gasteiger partial charge in [0.2, 0.25) is 0 Å². The summed E-state index contributed by atoms with van der Waals surface area (Å²) in [6.07, 6.45) is 0.879. The van der Waals surface area contributed by atoms with E-state index in [0.29, 0.717) is 0 Å². The van der Waals surface area contributed by atoms with Crippen LogP contribution in [-0.4, -0.2) is 35.2 Å². The van der Waals surface area contributed by atoms with Crippen LogP contribution in [0.2, 0.25) is 0 Å². The summed E-state index contributed by atoms with van der Waals surface area (Å²) < 4.78 is 0. The average molecular weight is 169 g/mol. The minimum atomic E-state index is 0.759.